The standard InChI is InChI=1S/C11H22N2O2.ClH/c1-8(9(2)12)10(14)13-6-11(3)4-5-15-7-11;/h8-9H,4-7,12H2,1-3H3,(H,13,14);1H. The Kier molecular flexibility index (Phi) is 6.30. The zero-order chi connectivity index (χ0) is 11.5. The van der Waals surface area contributed by atoms with Gasteiger partial charge in [-0.25, -0.2) is 0 Å². The fourth-order valence-corrected chi connectivity index (χ4v) is 1.55. The van der Waals surface area contributed by atoms with Gasteiger partial charge in [-0.3, -0.25) is 4.79 Å². The number of carbonyl (C=O) groups is 1. The van der Waals surface area contributed by atoms with E-state index in [1.165, 1.54) is 0 Å². The summed E-state index contributed by atoms with van der Waals surface area (Å²) in [6.07, 6.45) is 1.01. The lowest BCUT2D eigenvalue weighted by Crippen LogP contribution is -2.43. The van der Waals surface area contributed by atoms with Gasteiger partial charge in [0, 0.05) is 30.5 Å². The van der Waals surface area contributed by atoms with Crippen LogP contribution in [0.3, 0.4) is 0 Å². The molecule has 16 heavy (non-hydrogen) atoms. The first-order valence-corrected chi connectivity index (χ1v) is 5.56. The Balaban J connectivity index is 0.00000225. The van der Waals surface area contributed by atoms with Crippen LogP contribution in [0.4, 0.5) is 0 Å². The van der Waals surface area contributed by atoms with Crippen molar-refractivity contribution in [3.63, 3.8) is 0 Å². The van der Waals surface area contributed by atoms with Gasteiger partial charge in [0.25, 0.3) is 0 Å². The third-order valence-electron chi connectivity index (χ3n) is 3.19. The van der Waals surface area contributed by atoms with Crippen LogP contribution < -0.4 is 11.1 Å². The third-order valence-corrected chi connectivity index (χ3v) is 3.19. The van der Waals surface area contributed by atoms with E-state index >= 15 is 0 Å². The average molecular weight is 251 g/mol. The predicted octanol–water partition coefficient (Wildman–Crippen LogP) is 0.934. The molecule has 1 rings (SSSR count). The molecule has 3 N–H and O–H groups in total. The molecule has 0 aromatic heterocycles. The molecule has 1 fully saturated rings. The van der Waals surface area contributed by atoms with E-state index in [0.717, 1.165) is 19.6 Å². The van der Waals surface area contributed by atoms with E-state index in [9.17, 15) is 4.79 Å². The van der Waals surface area contributed by atoms with Gasteiger partial charge in [0.05, 0.1) is 6.61 Å². The van der Waals surface area contributed by atoms with Crippen molar-refractivity contribution in [3.8, 4) is 0 Å². The highest BCUT2D eigenvalue weighted by molar-refractivity contribution is 5.85. The van der Waals surface area contributed by atoms with Gasteiger partial charge in [0.15, 0.2) is 0 Å². The van der Waals surface area contributed by atoms with Crippen molar-refractivity contribution in [3.05, 3.63) is 0 Å². The molecule has 1 aliphatic heterocycles. The van der Waals surface area contributed by atoms with Crippen molar-refractivity contribution in [2.24, 2.45) is 17.1 Å². The van der Waals surface area contributed by atoms with Gasteiger partial charge in [0.1, 0.15) is 0 Å². The van der Waals surface area contributed by atoms with Crippen LogP contribution in [0.1, 0.15) is 27.2 Å². The number of rotatable bonds is 4. The first-order valence-electron chi connectivity index (χ1n) is 5.56. The van der Waals surface area contributed by atoms with Crippen LogP contribution in [0.2, 0.25) is 0 Å². The SMILES string of the molecule is CC(N)C(C)C(=O)NCC1(C)CCOC1.Cl. The van der Waals surface area contributed by atoms with Gasteiger partial charge in [-0.2, -0.15) is 0 Å². The monoisotopic (exact) mass is 250 g/mol. The molecule has 0 radical (unpaired) electrons. The minimum absolute atomic E-state index is 0. The van der Waals surface area contributed by atoms with Crippen LogP contribution in [0.5, 0.6) is 0 Å². The van der Waals surface area contributed by atoms with Crippen LogP contribution in [0.15, 0.2) is 0 Å². The molecular formula is C11H23ClN2O2. The first-order chi connectivity index (χ1) is 6.94. The summed E-state index contributed by atoms with van der Waals surface area (Å²) in [5.74, 6) is -0.0888. The van der Waals surface area contributed by atoms with E-state index in [4.69, 9.17) is 10.5 Å². The van der Waals surface area contributed by atoms with Crippen LogP contribution in [-0.4, -0.2) is 31.7 Å². The van der Waals surface area contributed by atoms with Crippen LogP contribution >= 0.6 is 12.4 Å². The largest absolute Gasteiger partial charge is 0.381 e. The molecule has 0 aromatic rings. The van der Waals surface area contributed by atoms with Crippen molar-refractivity contribution in [1.29, 1.82) is 0 Å². The van der Waals surface area contributed by atoms with Crippen LogP contribution in [-0.2, 0) is 9.53 Å². The van der Waals surface area contributed by atoms with Gasteiger partial charge in [-0.15, -0.1) is 12.4 Å². The fourth-order valence-electron chi connectivity index (χ4n) is 1.55. The quantitative estimate of drug-likeness (QED) is 0.780. The minimum Gasteiger partial charge on any atom is -0.381 e. The Morgan fingerprint density at radius 1 is 1.56 bits per heavy atom. The van der Waals surface area contributed by atoms with Gasteiger partial charge in [-0.1, -0.05) is 13.8 Å². The van der Waals surface area contributed by atoms with Crippen molar-refractivity contribution < 1.29 is 9.53 Å². The van der Waals surface area contributed by atoms with Gasteiger partial charge < -0.3 is 15.8 Å². The molecule has 3 unspecified atom stereocenters. The minimum atomic E-state index is -0.129. The van der Waals surface area contributed by atoms with E-state index in [1.54, 1.807) is 0 Å². The fraction of sp³-hybridized carbons (Fsp3) is 0.909. The number of ether oxygens (including phenoxy) is 1. The van der Waals surface area contributed by atoms with Crippen molar-refractivity contribution in [1.82, 2.24) is 5.32 Å². The Labute approximate surface area is 104 Å². The second-order valence-corrected chi connectivity index (χ2v) is 4.98. The Morgan fingerprint density at radius 3 is 2.62 bits per heavy atom. The molecule has 4 nitrogen and oxygen atoms in total. The van der Waals surface area contributed by atoms with Crippen LogP contribution in [0.25, 0.3) is 0 Å². The van der Waals surface area contributed by atoms with E-state index < -0.39 is 0 Å². The lowest BCUT2D eigenvalue weighted by atomic mass is 9.90. The summed E-state index contributed by atoms with van der Waals surface area (Å²) >= 11 is 0. The number of halogens is 1. The van der Waals surface area contributed by atoms with Crippen molar-refractivity contribution >= 4 is 18.3 Å². The molecule has 1 heterocycles. The molecule has 0 spiro atoms. The summed E-state index contributed by atoms with van der Waals surface area (Å²) in [5, 5.41) is 2.95. The number of nitrogens with two attached hydrogens (primary N) is 1. The molecule has 0 aromatic carbocycles. The molecule has 0 bridgehead atoms. The molecule has 1 amide bonds. The van der Waals surface area contributed by atoms with Gasteiger partial charge >= 0.3 is 0 Å². The highest BCUT2D eigenvalue weighted by Crippen LogP contribution is 2.26. The van der Waals surface area contributed by atoms with Crippen molar-refractivity contribution in [2.75, 3.05) is 19.8 Å². The van der Waals surface area contributed by atoms with E-state index in [1.807, 2.05) is 13.8 Å². The normalized spacial score (nSPS) is 28.0. The smallest absolute Gasteiger partial charge is 0.224 e. The lowest BCUT2D eigenvalue weighted by molar-refractivity contribution is -0.125. The molecule has 3 atom stereocenters. The van der Waals surface area contributed by atoms with Gasteiger partial charge in [0.2, 0.25) is 5.91 Å². The maximum Gasteiger partial charge on any atom is 0.224 e. The number of hydrogen-bond donors (Lipinski definition) is 2. The molecule has 0 aliphatic carbocycles. The Hall–Kier alpha value is -0.320. The molecule has 1 saturated heterocycles. The molecular weight excluding hydrogens is 228 g/mol. The van der Waals surface area contributed by atoms with E-state index in [2.05, 4.69) is 12.2 Å². The summed E-state index contributed by atoms with van der Waals surface area (Å²) in [5.41, 5.74) is 5.77. The zero-order valence-electron chi connectivity index (χ0n) is 10.3. The predicted molar refractivity (Wildman–Crippen MR) is 66.6 cm³/mol. The average Bonchev–Trinajstić information content (AvgIpc) is 2.61. The van der Waals surface area contributed by atoms with Crippen LogP contribution in [0, 0.1) is 11.3 Å². The second kappa shape index (κ2) is 6.42. The molecule has 0 saturated carbocycles. The second-order valence-electron chi connectivity index (χ2n) is 4.98. The van der Waals surface area contributed by atoms with Gasteiger partial charge in [-0.05, 0) is 13.3 Å². The summed E-state index contributed by atoms with van der Waals surface area (Å²) in [4.78, 5) is 11.7. The lowest BCUT2D eigenvalue weighted by Gasteiger charge is -2.24. The zero-order valence-corrected chi connectivity index (χ0v) is 11.1. The highest BCUT2D eigenvalue weighted by Gasteiger charge is 2.30. The summed E-state index contributed by atoms with van der Waals surface area (Å²) in [7, 11) is 0. The van der Waals surface area contributed by atoms with Crippen molar-refractivity contribution in [2.45, 2.75) is 33.2 Å². The maximum atomic E-state index is 11.7. The maximum absolute atomic E-state index is 11.7. The van der Waals surface area contributed by atoms with E-state index in [0.29, 0.717) is 6.54 Å². The molecule has 1 aliphatic rings. The van der Waals surface area contributed by atoms with E-state index in [-0.39, 0.29) is 35.7 Å². The summed E-state index contributed by atoms with van der Waals surface area (Å²) in [6, 6.07) is -0.0994. The Morgan fingerprint density at radius 2 is 2.19 bits per heavy atom. The Bertz CT molecular complexity index is 228. The topological polar surface area (TPSA) is 64.4 Å². The third kappa shape index (κ3) is 4.28. The number of amides is 1. The number of hydrogen-bond acceptors (Lipinski definition) is 3. The summed E-state index contributed by atoms with van der Waals surface area (Å²) in [6.45, 7) is 8.06. The highest BCUT2D eigenvalue weighted by atomic mass is 35.5. The molecule has 96 valence electrons. The number of nitrogens with one attached hydrogen (secondary N) is 1. The number of carbonyl (C=O) groups excluding carboxylic acids is 1. The summed E-state index contributed by atoms with van der Waals surface area (Å²) < 4.78 is 5.32. The first kappa shape index (κ1) is 15.7. The molecule has 5 heteroatoms.